The molecule has 1 aromatic rings. The highest BCUT2D eigenvalue weighted by Gasteiger charge is 2.06. The molecule has 7 heteroatoms. The number of aldehydes is 1. The van der Waals surface area contributed by atoms with Gasteiger partial charge in [-0.3, -0.25) is 14.6 Å². The Morgan fingerprint density at radius 3 is 2.26 bits per heavy atom. The van der Waals surface area contributed by atoms with Gasteiger partial charge in [0.15, 0.2) is 6.29 Å². The molecule has 7 nitrogen and oxygen atoms in total. The van der Waals surface area contributed by atoms with Gasteiger partial charge in [0.1, 0.15) is 11.7 Å². The van der Waals surface area contributed by atoms with Gasteiger partial charge in [-0.05, 0) is 31.9 Å². The standard InChI is InChI=1S/C7H7NO.C6H13N.C3H8N2O2/c1-6-3-2-4-7(5-9)8-6;7-6-4-2-1-3-5-6;4-1-2(5)3(6)7/h2-5H,1H3;6H,1-5,7H2;2H,1,4-5H2,(H,6,7). The molecule has 0 aromatic carbocycles. The van der Waals surface area contributed by atoms with Crippen LogP contribution in [0.15, 0.2) is 18.2 Å². The van der Waals surface area contributed by atoms with E-state index in [0.717, 1.165) is 12.0 Å². The summed E-state index contributed by atoms with van der Waals surface area (Å²) in [5.74, 6) is -1.05. The number of aryl methyl sites for hydroxylation is 1. The first-order chi connectivity index (χ1) is 10.9. The first-order valence-electron chi connectivity index (χ1n) is 7.73. The van der Waals surface area contributed by atoms with Crippen LogP contribution in [0, 0.1) is 6.92 Å². The SMILES string of the molecule is Cc1cccc(C=O)n1.NC1CCCCC1.NCC(N)C(=O)O. The summed E-state index contributed by atoms with van der Waals surface area (Å²) in [6.45, 7) is 1.85. The number of hydrogen-bond donors (Lipinski definition) is 4. The number of pyridine rings is 1. The molecule has 130 valence electrons. The summed E-state index contributed by atoms with van der Waals surface area (Å²) < 4.78 is 0. The summed E-state index contributed by atoms with van der Waals surface area (Å²) in [6.07, 6.45) is 7.41. The van der Waals surface area contributed by atoms with Crippen LogP contribution in [0.5, 0.6) is 0 Å². The molecule has 0 amide bonds. The van der Waals surface area contributed by atoms with Gasteiger partial charge < -0.3 is 22.3 Å². The van der Waals surface area contributed by atoms with Gasteiger partial charge in [0.25, 0.3) is 0 Å². The average molecular weight is 324 g/mol. The van der Waals surface area contributed by atoms with Crippen molar-refractivity contribution in [3.63, 3.8) is 0 Å². The number of rotatable bonds is 3. The number of hydrogen-bond acceptors (Lipinski definition) is 6. The Balaban J connectivity index is 0.000000320. The molecule has 1 atom stereocenters. The fraction of sp³-hybridized carbons (Fsp3) is 0.562. The maximum Gasteiger partial charge on any atom is 0.321 e. The molecule has 2 rings (SSSR count). The lowest BCUT2D eigenvalue weighted by Gasteiger charge is -2.15. The average Bonchev–Trinajstić information content (AvgIpc) is 2.55. The van der Waals surface area contributed by atoms with Crippen molar-refractivity contribution >= 4 is 12.3 Å². The van der Waals surface area contributed by atoms with E-state index in [1.807, 2.05) is 19.1 Å². The van der Waals surface area contributed by atoms with Gasteiger partial charge in [-0.2, -0.15) is 0 Å². The van der Waals surface area contributed by atoms with Crippen molar-refractivity contribution < 1.29 is 14.7 Å². The van der Waals surface area contributed by atoms with Gasteiger partial charge in [0, 0.05) is 18.3 Å². The lowest BCUT2D eigenvalue weighted by molar-refractivity contribution is -0.138. The van der Waals surface area contributed by atoms with Gasteiger partial charge in [-0.15, -0.1) is 0 Å². The van der Waals surface area contributed by atoms with Crippen LogP contribution in [0.2, 0.25) is 0 Å². The van der Waals surface area contributed by atoms with Gasteiger partial charge in [-0.1, -0.05) is 25.3 Å². The number of aromatic nitrogens is 1. The third kappa shape index (κ3) is 11.4. The molecular weight excluding hydrogens is 296 g/mol. The van der Waals surface area contributed by atoms with Gasteiger partial charge in [0.05, 0.1) is 0 Å². The Morgan fingerprint density at radius 2 is 2.00 bits per heavy atom. The number of nitrogens with zero attached hydrogens (tertiary/aromatic N) is 1. The van der Waals surface area contributed by atoms with E-state index >= 15 is 0 Å². The van der Waals surface area contributed by atoms with Crippen LogP contribution in [0.3, 0.4) is 0 Å². The van der Waals surface area contributed by atoms with Crippen LogP contribution in [-0.4, -0.2) is 41.0 Å². The minimum absolute atomic E-state index is 0.00463. The van der Waals surface area contributed by atoms with Crippen molar-refractivity contribution in [3.05, 3.63) is 29.6 Å². The smallest absolute Gasteiger partial charge is 0.321 e. The normalized spacial score (nSPS) is 15.3. The molecule has 0 spiro atoms. The van der Waals surface area contributed by atoms with Crippen LogP contribution >= 0.6 is 0 Å². The van der Waals surface area contributed by atoms with E-state index in [0.29, 0.717) is 11.7 Å². The molecule has 1 unspecified atom stereocenters. The summed E-state index contributed by atoms with van der Waals surface area (Å²) in [6, 6.07) is 4.98. The highest BCUT2D eigenvalue weighted by Crippen LogP contribution is 2.14. The molecule has 1 fully saturated rings. The Morgan fingerprint density at radius 1 is 1.39 bits per heavy atom. The lowest BCUT2D eigenvalue weighted by Crippen LogP contribution is -2.37. The van der Waals surface area contributed by atoms with E-state index in [4.69, 9.17) is 22.3 Å². The second-order valence-electron chi connectivity index (χ2n) is 5.40. The van der Waals surface area contributed by atoms with Crippen LogP contribution < -0.4 is 17.2 Å². The van der Waals surface area contributed by atoms with E-state index in [1.54, 1.807) is 6.07 Å². The molecule has 0 radical (unpaired) electrons. The zero-order chi connectivity index (χ0) is 17.7. The fourth-order valence-corrected chi connectivity index (χ4v) is 1.86. The zero-order valence-corrected chi connectivity index (χ0v) is 13.6. The Labute approximate surface area is 137 Å². The predicted molar refractivity (Wildman–Crippen MR) is 90.1 cm³/mol. The molecule has 1 saturated carbocycles. The fourth-order valence-electron chi connectivity index (χ4n) is 1.86. The number of carboxylic acid groups (broad SMARTS) is 1. The molecular formula is C16H28N4O3. The molecule has 1 aliphatic rings. The molecule has 1 aromatic heterocycles. The van der Waals surface area contributed by atoms with Crippen LogP contribution in [0.4, 0.5) is 0 Å². The number of aliphatic carboxylic acids is 1. The van der Waals surface area contributed by atoms with Crippen LogP contribution in [0.25, 0.3) is 0 Å². The Hall–Kier alpha value is -1.83. The molecule has 23 heavy (non-hydrogen) atoms. The summed E-state index contributed by atoms with van der Waals surface area (Å²) in [7, 11) is 0. The van der Waals surface area contributed by atoms with E-state index in [2.05, 4.69) is 4.98 Å². The van der Waals surface area contributed by atoms with E-state index in [1.165, 1.54) is 32.1 Å². The second-order valence-corrected chi connectivity index (χ2v) is 5.40. The van der Waals surface area contributed by atoms with Gasteiger partial charge in [-0.25, -0.2) is 0 Å². The first-order valence-corrected chi connectivity index (χ1v) is 7.73. The minimum atomic E-state index is -1.05. The highest BCUT2D eigenvalue weighted by atomic mass is 16.4. The largest absolute Gasteiger partial charge is 0.480 e. The summed E-state index contributed by atoms with van der Waals surface area (Å²) in [4.78, 5) is 23.7. The number of carbonyl (C=O) groups excluding carboxylic acids is 1. The van der Waals surface area contributed by atoms with Gasteiger partial charge >= 0.3 is 5.97 Å². The number of carbonyl (C=O) groups is 2. The molecule has 0 saturated heterocycles. The minimum Gasteiger partial charge on any atom is -0.480 e. The van der Waals surface area contributed by atoms with Gasteiger partial charge in [0.2, 0.25) is 0 Å². The predicted octanol–water partition coefficient (Wildman–Crippen LogP) is 0.837. The topological polar surface area (TPSA) is 145 Å². The van der Waals surface area contributed by atoms with Crippen molar-refractivity contribution in [2.24, 2.45) is 17.2 Å². The molecule has 0 aliphatic heterocycles. The Kier molecular flexibility index (Phi) is 11.7. The summed E-state index contributed by atoms with van der Waals surface area (Å²) >= 11 is 0. The van der Waals surface area contributed by atoms with Crippen molar-refractivity contribution in [2.45, 2.75) is 51.1 Å². The molecule has 0 bridgehead atoms. The maximum absolute atomic E-state index is 10.1. The van der Waals surface area contributed by atoms with Crippen molar-refractivity contribution in [1.82, 2.24) is 4.98 Å². The van der Waals surface area contributed by atoms with Crippen molar-refractivity contribution in [1.29, 1.82) is 0 Å². The zero-order valence-electron chi connectivity index (χ0n) is 13.6. The van der Waals surface area contributed by atoms with Crippen molar-refractivity contribution in [2.75, 3.05) is 6.54 Å². The van der Waals surface area contributed by atoms with E-state index in [-0.39, 0.29) is 6.54 Å². The lowest BCUT2D eigenvalue weighted by atomic mass is 9.97. The highest BCUT2D eigenvalue weighted by molar-refractivity contribution is 5.73. The number of carboxylic acids is 1. The quantitative estimate of drug-likeness (QED) is 0.602. The molecule has 1 heterocycles. The van der Waals surface area contributed by atoms with Crippen molar-refractivity contribution in [3.8, 4) is 0 Å². The van der Waals surface area contributed by atoms with Crippen LogP contribution in [0.1, 0.15) is 48.3 Å². The third-order valence-electron chi connectivity index (χ3n) is 3.25. The second kappa shape index (κ2) is 12.7. The first kappa shape index (κ1) is 21.2. The maximum atomic E-state index is 10.1. The summed E-state index contributed by atoms with van der Waals surface area (Å²) in [5, 5.41) is 7.98. The van der Waals surface area contributed by atoms with Crippen LogP contribution in [-0.2, 0) is 4.79 Å². The van der Waals surface area contributed by atoms with E-state index in [9.17, 15) is 9.59 Å². The third-order valence-corrected chi connectivity index (χ3v) is 3.25. The Bertz CT molecular complexity index is 462. The monoisotopic (exact) mass is 324 g/mol. The molecule has 7 N–H and O–H groups in total. The summed E-state index contributed by atoms with van der Waals surface area (Å²) in [5.41, 5.74) is 16.8. The molecule has 1 aliphatic carbocycles. The number of nitrogens with two attached hydrogens (primary N) is 3. The van der Waals surface area contributed by atoms with E-state index < -0.39 is 12.0 Å².